The van der Waals surface area contributed by atoms with Crippen molar-refractivity contribution in [1.82, 2.24) is 0 Å². The molecule has 19 heteroatoms. The Morgan fingerprint density at radius 1 is 0.382 bits per heavy atom. The third-order valence-electron chi connectivity index (χ3n) is 13.3. The van der Waals surface area contributed by atoms with Crippen LogP contribution >= 0.6 is 15.6 Å². The summed E-state index contributed by atoms with van der Waals surface area (Å²) >= 11 is 0. The van der Waals surface area contributed by atoms with E-state index in [1.54, 1.807) is 0 Å². The van der Waals surface area contributed by atoms with Crippen molar-refractivity contribution < 1.29 is 80.2 Å². The zero-order valence-electron chi connectivity index (χ0n) is 48.5. The van der Waals surface area contributed by atoms with Crippen molar-refractivity contribution in [3.63, 3.8) is 0 Å². The Balaban J connectivity index is 5.19. The number of hydrogen-bond acceptors (Lipinski definition) is 15. The van der Waals surface area contributed by atoms with Crippen LogP contribution in [0.1, 0.15) is 273 Å². The van der Waals surface area contributed by atoms with Gasteiger partial charge < -0.3 is 33.8 Å². The first-order valence-corrected chi connectivity index (χ1v) is 33.0. The van der Waals surface area contributed by atoms with Crippen LogP contribution in [0.2, 0.25) is 0 Å². The Labute approximate surface area is 460 Å². The number of carbonyl (C=O) groups is 4. The van der Waals surface area contributed by atoms with Gasteiger partial charge in [-0.3, -0.25) is 37.3 Å². The zero-order chi connectivity index (χ0) is 56.6. The van der Waals surface area contributed by atoms with E-state index in [0.717, 1.165) is 121 Å². The van der Waals surface area contributed by atoms with Crippen LogP contribution in [0.15, 0.2) is 0 Å². The molecule has 0 aromatic rings. The van der Waals surface area contributed by atoms with Gasteiger partial charge in [0.1, 0.15) is 19.3 Å². The van der Waals surface area contributed by atoms with Crippen LogP contribution in [0.3, 0.4) is 0 Å². The highest BCUT2D eigenvalue weighted by atomic mass is 31.2. The van der Waals surface area contributed by atoms with E-state index in [1.165, 1.54) is 70.6 Å². The number of hydrogen-bond donors (Lipinski definition) is 3. The molecule has 0 heterocycles. The maximum Gasteiger partial charge on any atom is 0.472 e. The van der Waals surface area contributed by atoms with Crippen molar-refractivity contribution in [2.24, 2.45) is 11.8 Å². The number of phosphoric ester groups is 2. The number of carbonyl (C=O) groups excluding carboxylic acids is 4. The summed E-state index contributed by atoms with van der Waals surface area (Å²) in [4.78, 5) is 71.5. The van der Waals surface area contributed by atoms with E-state index in [4.69, 9.17) is 37.0 Å². The van der Waals surface area contributed by atoms with Gasteiger partial charge >= 0.3 is 39.5 Å². The number of aliphatic hydroxyl groups excluding tert-OH is 1. The predicted octanol–water partition coefficient (Wildman–Crippen LogP) is 14.9. The highest BCUT2D eigenvalue weighted by Crippen LogP contribution is 2.45. The van der Waals surface area contributed by atoms with Gasteiger partial charge in [-0.1, -0.05) is 221 Å². The molecule has 0 rings (SSSR count). The third-order valence-corrected chi connectivity index (χ3v) is 15.2. The average Bonchev–Trinajstić information content (AvgIpc) is 3.38. The first-order valence-electron chi connectivity index (χ1n) is 30.0. The monoisotopic (exact) mass is 1130 g/mol. The molecule has 0 saturated carbocycles. The summed E-state index contributed by atoms with van der Waals surface area (Å²) in [7, 11) is -9.86. The molecule has 3 unspecified atom stereocenters. The van der Waals surface area contributed by atoms with Gasteiger partial charge in [-0.2, -0.15) is 0 Å². The summed E-state index contributed by atoms with van der Waals surface area (Å²) in [5.74, 6) is -0.675. The van der Waals surface area contributed by atoms with Crippen molar-refractivity contribution in [3.8, 4) is 0 Å². The fourth-order valence-electron chi connectivity index (χ4n) is 8.26. The standard InChI is InChI=1S/C57H110O17P2/c1-7-10-12-14-15-21-29-35-41-56(61)73-52(45-67-54(59)39-33-25-13-11-8-2)47-71-75(63,64)69-43-51(58)44-70-76(65,66)72-48-53(46-68-55(60)40-34-28-24-23-27-32-38-50(6)9-3)74-57(62)42-36-30-22-19-17-16-18-20-26-31-37-49(4)5/h49-53,58H,7-48H2,1-6H3,(H,63,64)(H,65,66)/t50?,51-,52+,53+/m0/s1. The van der Waals surface area contributed by atoms with Gasteiger partial charge in [-0.15, -0.1) is 0 Å². The molecule has 0 aromatic heterocycles. The van der Waals surface area contributed by atoms with Crippen molar-refractivity contribution >= 4 is 39.5 Å². The third kappa shape index (κ3) is 50.3. The second kappa shape index (κ2) is 50.1. The van der Waals surface area contributed by atoms with Gasteiger partial charge in [-0.05, 0) is 37.5 Å². The number of ether oxygens (including phenoxy) is 4. The quantitative estimate of drug-likeness (QED) is 0.0222. The summed E-state index contributed by atoms with van der Waals surface area (Å²) in [5.41, 5.74) is 0. The molecule has 6 atom stereocenters. The molecule has 76 heavy (non-hydrogen) atoms. The minimum atomic E-state index is -4.94. The summed E-state index contributed by atoms with van der Waals surface area (Å²) in [5, 5.41) is 10.5. The molecule has 0 fully saturated rings. The normalized spacial score (nSPS) is 14.9. The summed E-state index contributed by atoms with van der Waals surface area (Å²) in [6, 6.07) is 0. The molecule has 0 radical (unpaired) electrons. The van der Waals surface area contributed by atoms with E-state index in [-0.39, 0.29) is 25.7 Å². The van der Waals surface area contributed by atoms with E-state index in [1.807, 2.05) is 0 Å². The smallest absolute Gasteiger partial charge is 0.462 e. The van der Waals surface area contributed by atoms with Gasteiger partial charge in [0.25, 0.3) is 0 Å². The Bertz CT molecular complexity index is 1520. The van der Waals surface area contributed by atoms with Gasteiger partial charge in [0.05, 0.1) is 26.4 Å². The Morgan fingerprint density at radius 2 is 0.671 bits per heavy atom. The molecule has 0 bridgehead atoms. The fraction of sp³-hybridized carbons (Fsp3) is 0.930. The van der Waals surface area contributed by atoms with Crippen LogP contribution in [0.5, 0.6) is 0 Å². The number of esters is 4. The van der Waals surface area contributed by atoms with Crippen molar-refractivity contribution in [1.29, 1.82) is 0 Å². The lowest BCUT2D eigenvalue weighted by atomic mass is 10.00. The second-order valence-electron chi connectivity index (χ2n) is 21.4. The van der Waals surface area contributed by atoms with Crippen LogP contribution in [-0.2, 0) is 65.4 Å². The lowest BCUT2D eigenvalue weighted by Crippen LogP contribution is -2.30. The van der Waals surface area contributed by atoms with E-state index in [0.29, 0.717) is 25.7 Å². The van der Waals surface area contributed by atoms with Crippen LogP contribution in [0.4, 0.5) is 0 Å². The molecule has 17 nitrogen and oxygen atoms in total. The van der Waals surface area contributed by atoms with Crippen LogP contribution < -0.4 is 0 Å². The molecule has 0 spiro atoms. The van der Waals surface area contributed by atoms with Gasteiger partial charge in [-0.25, -0.2) is 9.13 Å². The predicted molar refractivity (Wildman–Crippen MR) is 298 cm³/mol. The molecular formula is C57H110O17P2. The molecular weight excluding hydrogens is 1020 g/mol. The minimum absolute atomic E-state index is 0.103. The molecule has 0 saturated heterocycles. The lowest BCUT2D eigenvalue weighted by Gasteiger charge is -2.21. The van der Waals surface area contributed by atoms with Crippen LogP contribution in [0, 0.1) is 11.8 Å². The zero-order valence-corrected chi connectivity index (χ0v) is 50.3. The molecule has 0 aromatic carbocycles. The van der Waals surface area contributed by atoms with E-state index >= 15 is 0 Å². The molecule has 0 amide bonds. The highest BCUT2D eigenvalue weighted by molar-refractivity contribution is 7.47. The molecule has 450 valence electrons. The summed E-state index contributed by atoms with van der Waals surface area (Å²) in [6.07, 6.45) is 29.8. The molecule has 3 N–H and O–H groups in total. The summed E-state index contributed by atoms with van der Waals surface area (Å²) in [6.45, 7) is 9.27. The maximum atomic E-state index is 12.9. The van der Waals surface area contributed by atoms with Crippen LogP contribution in [0.25, 0.3) is 0 Å². The first kappa shape index (κ1) is 74.1. The molecule has 0 aliphatic carbocycles. The van der Waals surface area contributed by atoms with Crippen LogP contribution in [-0.4, -0.2) is 96.7 Å². The van der Waals surface area contributed by atoms with Crippen molar-refractivity contribution in [2.45, 2.75) is 291 Å². The number of rotatable bonds is 56. The first-order chi connectivity index (χ1) is 36.4. The van der Waals surface area contributed by atoms with E-state index < -0.39 is 97.5 Å². The molecule has 0 aliphatic rings. The van der Waals surface area contributed by atoms with Gasteiger partial charge in [0.2, 0.25) is 0 Å². The average molecular weight is 1130 g/mol. The molecule has 0 aliphatic heterocycles. The van der Waals surface area contributed by atoms with Crippen molar-refractivity contribution in [3.05, 3.63) is 0 Å². The fourth-order valence-corrected chi connectivity index (χ4v) is 9.84. The Kier molecular flexibility index (Phi) is 48.8. The van der Waals surface area contributed by atoms with Gasteiger partial charge in [0, 0.05) is 25.7 Å². The SMILES string of the molecule is CCCCCCCCCCC(=O)O[C@H](COC(=O)CCCCCCC)COP(=O)(O)OC[C@H](O)COP(=O)(O)OC[C@@H](COC(=O)CCCCCCCCC(C)CC)OC(=O)CCCCCCCCCCCCC(C)C. The second-order valence-corrected chi connectivity index (χ2v) is 24.3. The van der Waals surface area contributed by atoms with E-state index in [2.05, 4.69) is 41.5 Å². The lowest BCUT2D eigenvalue weighted by molar-refractivity contribution is -0.161. The maximum absolute atomic E-state index is 12.9. The van der Waals surface area contributed by atoms with Gasteiger partial charge in [0.15, 0.2) is 12.2 Å². The van der Waals surface area contributed by atoms with E-state index in [9.17, 15) is 43.2 Å². The largest absolute Gasteiger partial charge is 0.472 e. The number of unbranched alkanes of at least 4 members (excludes halogenated alkanes) is 25. The highest BCUT2D eigenvalue weighted by Gasteiger charge is 2.30. The van der Waals surface area contributed by atoms with Crippen molar-refractivity contribution in [2.75, 3.05) is 39.6 Å². The topological polar surface area (TPSA) is 237 Å². The summed E-state index contributed by atoms with van der Waals surface area (Å²) < 4.78 is 67.4. The Morgan fingerprint density at radius 3 is 1.00 bits per heavy atom. The number of aliphatic hydroxyl groups is 1. The minimum Gasteiger partial charge on any atom is -0.462 e. The Hall–Kier alpha value is -1.94. The number of phosphoric acid groups is 2.